The lowest BCUT2D eigenvalue weighted by molar-refractivity contribution is 0.117. The summed E-state index contributed by atoms with van der Waals surface area (Å²) in [5, 5.41) is 6.22. The van der Waals surface area contributed by atoms with E-state index >= 15 is 0 Å². The van der Waals surface area contributed by atoms with Crippen molar-refractivity contribution >= 4 is 29.9 Å². The number of hydrogen-bond acceptors (Lipinski definition) is 2. The second-order valence-electron chi connectivity index (χ2n) is 5.23. The van der Waals surface area contributed by atoms with E-state index in [4.69, 9.17) is 4.74 Å². The highest BCUT2D eigenvalue weighted by Gasteiger charge is 2.15. The molecular formula is C16H24F2IN3O. The molecule has 2 N–H and O–H groups in total. The predicted octanol–water partition coefficient (Wildman–Crippen LogP) is 2.86. The van der Waals surface area contributed by atoms with E-state index in [0.29, 0.717) is 19.0 Å². The maximum Gasteiger partial charge on any atom is 0.191 e. The van der Waals surface area contributed by atoms with Crippen LogP contribution in [-0.2, 0) is 11.2 Å². The van der Waals surface area contributed by atoms with Crippen LogP contribution in [-0.4, -0.2) is 38.3 Å². The van der Waals surface area contributed by atoms with Gasteiger partial charge in [0.25, 0.3) is 0 Å². The highest BCUT2D eigenvalue weighted by Crippen LogP contribution is 2.12. The van der Waals surface area contributed by atoms with Crippen LogP contribution < -0.4 is 10.6 Å². The van der Waals surface area contributed by atoms with Gasteiger partial charge in [-0.2, -0.15) is 0 Å². The standard InChI is InChI=1S/C16H23F2N3O.HI/c1-2-19-16(21-11-12-5-4-10-22-12)20-9-8-13-14(17)6-3-7-15(13)18;/h3,6-7,12H,2,4-5,8-11H2,1H3,(H2,19,20,21);1H. The fraction of sp³-hybridized carbons (Fsp3) is 0.562. The predicted molar refractivity (Wildman–Crippen MR) is 98.4 cm³/mol. The summed E-state index contributed by atoms with van der Waals surface area (Å²) < 4.78 is 32.6. The Balaban J connectivity index is 0.00000264. The highest BCUT2D eigenvalue weighted by molar-refractivity contribution is 14.0. The maximum absolute atomic E-state index is 13.5. The molecule has 1 aromatic rings. The molecule has 130 valence electrons. The van der Waals surface area contributed by atoms with Crippen molar-refractivity contribution in [2.45, 2.75) is 32.3 Å². The number of hydrogen-bond donors (Lipinski definition) is 2. The Labute approximate surface area is 153 Å². The topological polar surface area (TPSA) is 45.7 Å². The van der Waals surface area contributed by atoms with Crippen molar-refractivity contribution < 1.29 is 13.5 Å². The number of rotatable bonds is 6. The van der Waals surface area contributed by atoms with Gasteiger partial charge in [-0.05, 0) is 38.3 Å². The fourth-order valence-electron chi connectivity index (χ4n) is 2.40. The third-order valence-corrected chi connectivity index (χ3v) is 3.55. The van der Waals surface area contributed by atoms with Crippen molar-refractivity contribution in [2.75, 3.05) is 26.2 Å². The zero-order chi connectivity index (χ0) is 15.8. The van der Waals surface area contributed by atoms with Crippen molar-refractivity contribution in [3.8, 4) is 0 Å². The molecule has 1 unspecified atom stereocenters. The summed E-state index contributed by atoms with van der Waals surface area (Å²) in [6.07, 6.45) is 2.56. The molecule has 1 saturated heterocycles. The van der Waals surface area contributed by atoms with E-state index < -0.39 is 11.6 Å². The zero-order valence-electron chi connectivity index (χ0n) is 13.3. The van der Waals surface area contributed by atoms with Gasteiger partial charge in [-0.25, -0.2) is 8.78 Å². The second kappa shape index (κ2) is 10.7. The molecule has 0 bridgehead atoms. The Morgan fingerprint density at radius 2 is 2.04 bits per heavy atom. The summed E-state index contributed by atoms with van der Waals surface area (Å²) >= 11 is 0. The lowest BCUT2D eigenvalue weighted by atomic mass is 10.1. The average molecular weight is 439 g/mol. The fourth-order valence-corrected chi connectivity index (χ4v) is 2.40. The van der Waals surface area contributed by atoms with Crippen LogP contribution in [0.15, 0.2) is 23.2 Å². The first-order valence-electron chi connectivity index (χ1n) is 7.77. The third kappa shape index (κ3) is 6.58. The minimum absolute atomic E-state index is 0. The quantitative estimate of drug-likeness (QED) is 0.407. The van der Waals surface area contributed by atoms with Crippen molar-refractivity contribution in [2.24, 2.45) is 4.99 Å². The van der Waals surface area contributed by atoms with Crippen LogP contribution in [0.3, 0.4) is 0 Å². The van der Waals surface area contributed by atoms with Gasteiger partial charge in [-0.15, -0.1) is 24.0 Å². The van der Waals surface area contributed by atoms with Crippen molar-refractivity contribution in [1.29, 1.82) is 0 Å². The minimum Gasteiger partial charge on any atom is -0.376 e. The SMILES string of the molecule is CCNC(=NCC1CCCO1)NCCc1c(F)cccc1F.I. The summed E-state index contributed by atoms with van der Waals surface area (Å²) in [7, 11) is 0. The number of aliphatic imine (C=N–C) groups is 1. The van der Waals surface area contributed by atoms with Gasteiger partial charge < -0.3 is 15.4 Å². The van der Waals surface area contributed by atoms with Crippen molar-refractivity contribution in [3.63, 3.8) is 0 Å². The van der Waals surface area contributed by atoms with Gasteiger partial charge in [0, 0.05) is 25.3 Å². The van der Waals surface area contributed by atoms with Crippen LogP contribution in [0.1, 0.15) is 25.3 Å². The number of ether oxygens (including phenoxy) is 1. The number of guanidine groups is 1. The molecule has 0 aromatic heterocycles. The molecule has 0 radical (unpaired) electrons. The number of benzene rings is 1. The van der Waals surface area contributed by atoms with E-state index in [1.165, 1.54) is 18.2 Å². The van der Waals surface area contributed by atoms with E-state index in [1.54, 1.807) is 0 Å². The Kier molecular flexibility index (Phi) is 9.39. The molecule has 2 rings (SSSR count). The van der Waals surface area contributed by atoms with Gasteiger partial charge in [0.1, 0.15) is 11.6 Å². The molecule has 1 heterocycles. The molecule has 1 fully saturated rings. The zero-order valence-corrected chi connectivity index (χ0v) is 15.6. The smallest absolute Gasteiger partial charge is 0.191 e. The molecule has 0 spiro atoms. The van der Waals surface area contributed by atoms with E-state index in [-0.39, 0.29) is 42.1 Å². The maximum atomic E-state index is 13.5. The largest absolute Gasteiger partial charge is 0.376 e. The molecule has 1 atom stereocenters. The van der Waals surface area contributed by atoms with E-state index in [9.17, 15) is 8.78 Å². The van der Waals surface area contributed by atoms with Crippen LogP contribution in [0.5, 0.6) is 0 Å². The number of nitrogens with one attached hydrogen (secondary N) is 2. The molecule has 0 amide bonds. The first-order chi connectivity index (χ1) is 10.7. The summed E-state index contributed by atoms with van der Waals surface area (Å²) in [5.74, 6) is -0.374. The molecular weight excluding hydrogens is 415 g/mol. The Morgan fingerprint density at radius 1 is 1.30 bits per heavy atom. The van der Waals surface area contributed by atoms with Crippen LogP contribution in [0.4, 0.5) is 8.78 Å². The molecule has 0 saturated carbocycles. The van der Waals surface area contributed by atoms with Gasteiger partial charge >= 0.3 is 0 Å². The molecule has 23 heavy (non-hydrogen) atoms. The van der Waals surface area contributed by atoms with E-state index in [0.717, 1.165) is 26.0 Å². The van der Waals surface area contributed by atoms with Crippen molar-refractivity contribution in [1.82, 2.24) is 10.6 Å². The van der Waals surface area contributed by atoms with E-state index in [2.05, 4.69) is 15.6 Å². The summed E-state index contributed by atoms with van der Waals surface area (Å²) in [6, 6.07) is 3.92. The second-order valence-corrected chi connectivity index (χ2v) is 5.23. The van der Waals surface area contributed by atoms with Crippen LogP contribution in [0.25, 0.3) is 0 Å². The van der Waals surface area contributed by atoms with Gasteiger partial charge in [0.05, 0.1) is 12.6 Å². The molecule has 1 aliphatic rings. The monoisotopic (exact) mass is 439 g/mol. The molecule has 4 nitrogen and oxygen atoms in total. The Hall–Kier alpha value is -0.960. The minimum atomic E-state index is -0.511. The van der Waals surface area contributed by atoms with Gasteiger partial charge in [0.15, 0.2) is 5.96 Å². The van der Waals surface area contributed by atoms with E-state index in [1.807, 2.05) is 6.92 Å². The van der Waals surface area contributed by atoms with Gasteiger partial charge in [0.2, 0.25) is 0 Å². The number of halogens is 3. The summed E-state index contributed by atoms with van der Waals surface area (Å²) in [6.45, 7) is 4.51. The molecule has 0 aliphatic carbocycles. The molecule has 1 aliphatic heterocycles. The number of nitrogens with zero attached hydrogens (tertiary/aromatic N) is 1. The Bertz CT molecular complexity index is 488. The average Bonchev–Trinajstić information content (AvgIpc) is 3.01. The lowest BCUT2D eigenvalue weighted by Gasteiger charge is -2.13. The highest BCUT2D eigenvalue weighted by atomic mass is 127. The Morgan fingerprint density at radius 3 is 2.65 bits per heavy atom. The van der Waals surface area contributed by atoms with Crippen LogP contribution in [0.2, 0.25) is 0 Å². The van der Waals surface area contributed by atoms with Gasteiger partial charge in [-0.3, -0.25) is 4.99 Å². The summed E-state index contributed by atoms with van der Waals surface area (Å²) in [4.78, 5) is 4.45. The third-order valence-electron chi connectivity index (χ3n) is 3.55. The first-order valence-corrected chi connectivity index (χ1v) is 7.77. The van der Waals surface area contributed by atoms with Gasteiger partial charge in [-0.1, -0.05) is 6.07 Å². The van der Waals surface area contributed by atoms with Crippen LogP contribution in [0, 0.1) is 11.6 Å². The first kappa shape index (κ1) is 20.1. The molecule has 7 heteroatoms. The normalized spacial score (nSPS) is 17.7. The molecule has 1 aromatic carbocycles. The van der Waals surface area contributed by atoms with Crippen LogP contribution >= 0.6 is 24.0 Å². The van der Waals surface area contributed by atoms with Crippen molar-refractivity contribution in [3.05, 3.63) is 35.4 Å². The lowest BCUT2D eigenvalue weighted by Crippen LogP contribution is -2.39. The summed E-state index contributed by atoms with van der Waals surface area (Å²) in [5.41, 5.74) is 0.102.